The van der Waals surface area contributed by atoms with E-state index in [1.54, 1.807) is 0 Å². The average Bonchev–Trinajstić information content (AvgIpc) is 1.96. The summed E-state index contributed by atoms with van der Waals surface area (Å²) in [6.07, 6.45) is 0. The van der Waals surface area contributed by atoms with Crippen LogP contribution in [0.25, 0.3) is 0 Å². The zero-order valence-electron chi connectivity index (χ0n) is 11.8. The predicted octanol–water partition coefficient (Wildman–Crippen LogP) is 3.38. The Balaban J connectivity index is 4.29. The fourth-order valence-electron chi connectivity index (χ4n) is 0.765. The van der Waals surface area contributed by atoms with E-state index in [2.05, 4.69) is 54.6 Å². The van der Waals surface area contributed by atoms with E-state index >= 15 is 0 Å². The van der Waals surface area contributed by atoms with Crippen LogP contribution < -0.4 is 5.73 Å². The van der Waals surface area contributed by atoms with Gasteiger partial charge in [-0.2, -0.15) is 0 Å². The summed E-state index contributed by atoms with van der Waals surface area (Å²) in [5.41, 5.74) is 6.23. The average molecular weight is 231 g/mol. The standard InChI is InChI=1S/C12H29NOSi/c1-11(2,3)10(13)9-14-15(7,8)12(4,5)6/h10H,9,13H2,1-8H3/t10-/m1/s1. The minimum Gasteiger partial charge on any atom is -0.415 e. The number of hydrogen-bond donors (Lipinski definition) is 1. The van der Waals surface area contributed by atoms with Crippen molar-refractivity contribution in [3.8, 4) is 0 Å². The fourth-order valence-corrected chi connectivity index (χ4v) is 1.79. The molecule has 0 aliphatic heterocycles. The van der Waals surface area contributed by atoms with Gasteiger partial charge in [0.1, 0.15) is 0 Å². The van der Waals surface area contributed by atoms with Crippen LogP contribution in [-0.4, -0.2) is 21.0 Å². The zero-order chi connectivity index (χ0) is 12.5. The van der Waals surface area contributed by atoms with Crippen LogP contribution in [0.1, 0.15) is 41.5 Å². The Bertz CT molecular complexity index is 201. The Morgan fingerprint density at radius 3 is 1.73 bits per heavy atom. The van der Waals surface area contributed by atoms with Crippen molar-refractivity contribution >= 4 is 8.32 Å². The van der Waals surface area contributed by atoms with Crippen molar-refractivity contribution in [2.45, 2.75) is 65.7 Å². The summed E-state index contributed by atoms with van der Waals surface area (Å²) in [6.45, 7) is 18.4. The van der Waals surface area contributed by atoms with Crippen molar-refractivity contribution in [3.05, 3.63) is 0 Å². The first kappa shape index (κ1) is 15.1. The molecule has 0 aliphatic carbocycles. The van der Waals surface area contributed by atoms with Crippen LogP contribution in [0, 0.1) is 5.41 Å². The maximum atomic E-state index is 6.10. The van der Waals surface area contributed by atoms with Crippen LogP contribution >= 0.6 is 0 Å². The molecule has 2 N–H and O–H groups in total. The third-order valence-corrected chi connectivity index (χ3v) is 8.04. The Morgan fingerprint density at radius 1 is 1.07 bits per heavy atom. The van der Waals surface area contributed by atoms with E-state index in [1.165, 1.54) is 0 Å². The normalized spacial score (nSPS) is 16.6. The van der Waals surface area contributed by atoms with Gasteiger partial charge in [-0.3, -0.25) is 0 Å². The number of rotatable bonds is 3. The summed E-state index contributed by atoms with van der Waals surface area (Å²) < 4.78 is 6.10. The van der Waals surface area contributed by atoms with Crippen molar-refractivity contribution in [2.24, 2.45) is 11.1 Å². The van der Waals surface area contributed by atoms with Crippen LogP contribution in [-0.2, 0) is 4.43 Å². The third kappa shape index (κ3) is 4.66. The lowest BCUT2D eigenvalue weighted by Gasteiger charge is -2.38. The van der Waals surface area contributed by atoms with E-state index in [1.807, 2.05) is 0 Å². The van der Waals surface area contributed by atoms with Crippen molar-refractivity contribution in [3.63, 3.8) is 0 Å². The summed E-state index contributed by atoms with van der Waals surface area (Å²) in [5, 5.41) is 0.268. The van der Waals surface area contributed by atoms with Crippen LogP contribution in [0.4, 0.5) is 0 Å². The van der Waals surface area contributed by atoms with Gasteiger partial charge in [-0.1, -0.05) is 41.5 Å². The molecule has 0 unspecified atom stereocenters. The SMILES string of the molecule is CC(C)(C)[C@H](N)CO[Si](C)(C)C(C)(C)C. The lowest BCUT2D eigenvalue weighted by atomic mass is 9.88. The Labute approximate surface area is 96.7 Å². The highest BCUT2D eigenvalue weighted by Crippen LogP contribution is 2.36. The van der Waals surface area contributed by atoms with Gasteiger partial charge in [0.15, 0.2) is 8.32 Å². The van der Waals surface area contributed by atoms with Crippen LogP contribution in [0.5, 0.6) is 0 Å². The molecule has 0 rings (SSSR count). The summed E-state index contributed by atoms with van der Waals surface area (Å²) in [5.74, 6) is 0. The van der Waals surface area contributed by atoms with Crippen molar-refractivity contribution in [1.82, 2.24) is 0 Å². The summed E-state index contributed by atoms with van der Waals surface area (Å²) in [4.78, 5) is 0. The maximum Gasteiger partial charge on any atom is 0.192 e. The van der Waals surface area contributed by atoms with Gasteiger partial charge < -0.3 is 10.2 Å². The molecular weight excluding hydrogens is 202 g/mol. The summed E-state index contributed by atoms with van der Waals surface area (Å²) in [7, 11) is -1.63. The second-order valence-corrected chi connectivity index (χ2v) is 11.9. The molecule has 0 spiro atoms. The smallest absolute Gasteiger partial charge is 0.192 e. The highest BCUT2D eigenvalue weighted by atomic mass is 28.4. The molecule has 0 aromatic heterocycles. The first-order valence-corrected chi connectivity index (χ1v) is 8.68. The van der Waals surface area contributed by atoms with Gasteiger partial charge in [0, 0.05) is 12.6 Å². The van der Waals surface area contributed by atoms with Crippen molar-refractivity contribution in [1.29, 1.82) is 0 Å². The molecule has 0 heterocycles. The predicted molar refractivity (Wildman–Crippen MR) is 70.6 cm³/mol. The second kappa shape index (κ2) is 4.56. The van der Waals surface area contributed by atoms with E-state index in [9.17, 15) is 0 Å². The molecule has 0 aliphatic rings. The van der Waals surface area contributed by atoms with Crippen LogP contribution in [0.2, 0.25) is 18.1 Å². The van der Waals surface area contributed by atoms with E-state index in [4.69, 9.17) is 10.2 Å². The van der Waals surface area contributed by atoms with Gasteiger partial charge in [-0.15, -0.1) is 0 Å². The van der Waals surface area contributed by atoms with Gasteiger partial charge in [-0.05, 0) is 23.5 Å². The van der Waals surface area contributed by atoms with E-state index in [-0.39, 0.29) is 16.5 Å². The molecule has 0 bridgehead atoms. The summed E-state index contributed by atoms with van der Waals surface area (Å²) >= 11 is 0. The molecule has 0 radical (unpaired) electrons. The molecule has 2 nitrogen and oxygen atoms in total. The van der Waals surface area contributed by atoms with Gasteiger partial charge in [-0.25, -0.2) is 0 Å². The van der Waals surface area contributed by atoms with Gasteiger partial charge >= 0.3 is 0 Å². The van der Waals surface area contributed by atoms with Gasteiger partial charge in [0.25, 0.3) is 0 Å². The van der Waals surface area contributed by atoms with Crippen molar-refractivity contribution < 1.29 is 4.43 Å². The molecule has 0 fully saturated rings. The Morgan fingerprint density at radius 2 is 1.47 bits per heavy atom. The Hall–Kier alpha value is 0.137. The quantitative estimate of drug-likeness (QED) is 0.756. The Kier molecular flexibility index (Phi) is 4.60. The number of hydrogen-bond acceptors (Lipinski definition) is 2. The summed E-state index contributed by atoms with van der Waals surface area (Å²) in [6, 6.07) is 0.117. The molecule has 15 heavy (non-hydrogen) atoms. The van der Waals surface area contributed by atoms with Gasteiger partial charge in [0.2, 0.25) is 0 Å². The minimum atomic E-state index is -1.63. The second-order valence-electron chi connectivity index (χ2n) is 7.04. The lowest BCUT2D eigenvalue weighted by molar-refractivity contribution is 0.192. The topological polar surface area (TPSA) is 35.2 Å². The molecule has 0 aromatic carbocycles. The molecule has 0 amide bonds. The molecule has 0 aromatic rings. The largest absolute Gasteiger partial charge is 0.415 e. The van der Waals surface area contributed by atoms with Crippen molar-refractivity contribution in [2.75, 3.05) is 6.61 Å². The maximum absolute atomic E-state index is 6.10. The third-order valence-electron chi connectivity index (χ3n) is 3.54. The first-order chi connectivity index (χ1) is 6.38. The monoisotopic (exact) mass is 231 g/mol. The van der Waals surface area contributed by atoms with Crippen LogP contribution in [0.3, 0.4) is 0 Å². The van der Waals surface area contributed by atoms with Crippen LogP contribution in [0.15, 0.2) is 0 Å². The molecule has 3 heteroatoms. The molecule has 1 atom stereocenters. The molecular formula is C12H29NOSi. The fraction of sp³-hybridized carbons (Fsp3) is 1.00. The van der Waals surface area contributed by atoms with Gasteiger partial charge in [0.05, 0.1) is 0 Å². The minimum absolute atomic E-state index is 0.117. The van der Waals surface area contributed by atoms with E-state index in [0.717, 1.165) is 0 Å². The van der Waals surface area contributed by atoms with E-state index < -0.39 is 8.32 Å². The molecule has 0 saturated carbocycles. The molecule has 0 saturated heterocycles. The van der Waals surface area contributed by atoms with E-state index in [0.29, 0.717) is 6.61 Å². The lowest BCUT2D eigenvalue weighted by Crippen LogP contribution is -2.47. The first-order valence-electron chi connectivity index (χ1n) is 5.77. The number of nitrogens with two attached hydrogens (primary N) is 1. The highest BCUT2D eigenvalue weighted by Gasteiger charge is 2.38. The highest BCUT2D eigenvalue weighted by molar-refractivity contribution is 6.74. The molecule has 92 valence electrons. The zero-order valence-corrected chi connectivity index (χ0v) is 12.8.